The van der Waals surface area contributed by atoms with Crippen LogP contribution in [0.1, 0.15) is 72.6 Å². The summed E-state index contributed by atoms with van der Waals surface area (Å²) in [5.74, 6) is -1.57. The standard InChI is InChI=1S/C27H46O12S/c1-14(13-28)6-5-7-15(2)16-12-19(30)27(35)23(16,3)11-9-18-24(4)10-8-17(29)20(31)26(24,34)22(39-40(36,37)38)21(32)25(18,27)33/h6,15-22,28-35H,5,7-13H2,1-4H3,(H,36,37,38)/b14-6+/t15-,16-,17+,18?,19+,20+,21+,22+,23-,24-,25-,26+,27+/m1/s1. The summed E-state index contributed by atoms with van der Waals surface area (Å²) in [5, 5.41) is 90.8. The Morgan fingerprint density at radius 3 is 2.17 bits per heavy atom. The minimum absolute atomic E-state index is 0.0417. The molecule has 0 aromatic carbocycles. The molecule has 4 fully saturated rings. The summed E-state index contributed by atoms with van der Waals surface area (Å²) < 4.78 is 38.2. The molecular weight excluding hydrogens is 548 g/mol. The molecule has 4 aliphatic carbocycles. The topological polar surface area (TPSA) is 225 Å². The zero-order valence-electron chi connectivity index (χ0n) is 23.5. The highest BCUT2D eigenvalue weighted by molar-refractivity contribution is 7.80. The van der Waals surface area contributed by atoms with E-state index in [1.165, 1.54) is 6.92 Å². The van der Waals surface area contributed by atoms with Crippen LogP contribution < -0.4 is 0 Å². The zero-order valence-corrected chi connectivity index (χ0v) is 24.3. The molecule has 1 unspecified atom stereocenters. The molecular formula is C27H46O12S. The maximum absolute atomic E-state index is 12.5. The van der Waals surface area contributed by atoms with E-state index in [2.05, 4.69) is 0 Å². The van der Waals surface area contributed by atoms with Crippen LogP contribution >= 0.6 is 0 Å². The molecule has 13 atom stereocenters. The lowest BCUT2D eigenvalue weighted by Crippen LogP contribution is -2.88. The fourth-order valence-corrected chi connectivity index (χ4v) is 9.95. The Kier molecular flexibility index (Phi) is 8.20. The minimum Gasteiger partial charge on any atom is -0.392 e. The van der Waals surface area contributed by atoms with E-state index in [0.29, 0.717) is 12.8 Å². The van der Waals surface area contributed by atoms with Gasteiger partial charge in [0.05, 0.1) is 18.8 Å². The van der Waals surface area contributed by atoms with Crippen LogP contribution in [0.15, 0.2) is 11.6 Å². The van der Waals surface area contributed by atoms with E-state index >= 15 is 0 Å². The summed E-state index contributed by atoms with van der Waals surface area (Å²) in [7, 11) is -5.38. The molecule has 12 nitrogen and oxygen atoms in total. The lowest BCUT2D eigenvalue weighted by Gasteiger charge is -2.72. The average molecular weight is 595 g/mol. The lowest BCUT2D eigenvalue weighted by atomic mass is 9.38. The summed E-state index contributed by atoms with van der Waals surface area (Å²) in [6, 6.07) is 0. The molecule has 0 aromatic rings. The van der Waals surface area contributed by atoms with Crippen molar-refractivity contribution in [2.24, 2.45) is 28.6 Å². The molecule has 0 spiro atoms. The number of hydrogen-bond acceptors (Lipinski definition) is 11. The second-order valence-corrected chi connectivity index (χ2v) is 14.5. The van der Waals surface area contributed by atoms with Crippen molar-refractivity contribution in [3.8, 4) is 0 Å². The third-order valence-corrected chi connectivity index (χ3v) is 12.1. The Bertz CT molecular complexity index is 1110. The number of aliphatic hydroxyl groups excluding tert-OH is 5. The molecule has 40 heavy (non-hydrogen) atoms. The SMILES string of the molecule is C/C(=C\CC[C@@H](C)[C@H]1C[C@H](O)[C@@]2(O)[C@@]3(O)C(CC[C@]12C)[C@@]1(C)CC[C@H](O)[C@H](O)[C@]1(O)[C@@H](OS(=O)(=O)O)[C@@H]3O)CO. The number of fused-ring (bicyclic) bond motifs is 5. The Morgan fingerprint density at radius 1 is 1.00 bits per heavy atom. The van der Waals surface area contributed by atoms with E-state index in [-0.39, 0.29) is 50.5 Å². The monoisotopic (exact) mass is 594 g/mol. The summed E-state index contributed by atoms with van der Waals surface area (Å²) >= 11 is 0. The van der Waals surface area contributed by atoms with Crippen LogP contribution in [0.2, 0.25) is 0 Å². The van der Waals surface area contributed by atoms with Gasteiger partial charge >= 0.3 is 10.4 Å². The Labute approximate surface area is 235 Å². The first-order valence-electron chi connectivity index (χ1n) is 14.1. The number of rotatable bonds is 7. The van der Waals surface area contributed by atoms with Crippen LogP contribution in [0.4, 0.5) is 0 Å². The van der Waals surface area contributed by atoms with E-state index < -0.39 is 74.5 Å². The molecule has 9 N–H and O–H groups in total. The molecule has 232 valence electrons. The van der Waals surface area contributed by atoms with Gasteiger partial charge in [-0.1, -0.05) is 32.4 Å². The van der Waals surface area contributed by atoms with Gasteiger partial charge in [0.1, 0.15) is 35.1 Å². The van der Waals surface area contributed by atoms with Gasteiger partial charge in [-0.2, -0.15) is 8.42 Å². The highest BCUT2D eigenvalue weighted by Crippen LogP contribution is 2.72. The van der Waals surface area contributed by atoms with E-state index in [4.69, 9.17) is 4.18 Å². The van der Waals surface area contributed by atoms with Crippen molar-refractivity contribution in [1.82, 2.24) is 0 Å². The first-order chi connectivity index (χ1) is 18.3. The average Bonchev–Trinajstić information content (AvgIpc) is 3.09. The van der Waals surface area contributed by atoms with Gasteiger partial charge in [0.25, 0.3) is 0 Å². The van der Waals surface area contributed by atoms with Crippen LogP contribution in [0.5, 0.6) is 0 Å². The highest BCUT2D eigenvalue weighted by Gasteiger charge is 2.84. The first kappa shape index (κ1) is 32.2. The van der Waals surface area contributed by atoms with Gasteiger partial charge in [0, 0.05) is 16.7 Å². The van der Waals surface area contributed by atoms with Crippen molar-refractivity contribution >= 4 is 10.4 Å². The van der Waals surface area contributed by atoms with Gasteiger partial charge in [0.15, 0.2) is 0 Å². The molecule has 0 aromatic heterocycles. The summed E-state index contributed by atoms with van der Waals surface area (Å²) in [6.45, 7) is 6.89. The molecule has 0 bridgehead atoms. The zero-order chi connectivity index (χ0) is 30.3. The fourth-order valence-electron chi connectivity index (χ4n) is 9.43. The van der Waals surface area contributed by atoms with Crippen molar-refractivity contribution < 1.29 is 58.0 Å². The van der Waals surface area contributed by atoms with Crippen molar-refractivity contribution in [1.29, 1.82) is 0 Å². The van der Waals surface area contributed by atoms with Gasteiger partial charge in [0.2, 0.25) is 0 Å². The molecule has 4 rings (SSSR count). The molecule has 0 amide bonds. The third-order valence-electron chi connectivity index (χ3n) is 11.6. The van der Waals surface area contributed by atoms with Crippen molar-refractivity contribution in [3.63, 3.8) is 0 Å². The number of hydrogen-bond donors (Lipinski definition) is 9. The smallest absolute Gasteiger partial charge is 0.392 e. The Balaban J connectivity index is 1.83. The molecule has 0 aliphatic heterocycles. The summed E-state index contributed by atoms with van der Waals surface area (Å²) in [5.41, 5.74) is -9.68. The predicted octanol–water partition coefficient (Wildman–Crippen LogP) is -0.584. The molecule has 4 aliphatic rings. The highest BCUT2D eigenvalue weighted by atomic mass is 32.3. The quantitative estimate of drug-likeness (QED) is 0.133. The van der Waals surface area contributed by atoms with E-state index in [1.54, 1.807) is 13.8 Å². The second kappa shape index (κ2) is 10.2. The molecule has 4 saturated carbocycles. The maximum Gasteiger partial charge on any atom is 0.397 e. The van der Waals surface area contributed by atoms with Crippen molar-refractivity contribution in [2.75, 3.05) is 6.61 Å². The first-order valence-corrected chi connectivity index (χ1v) is 15.5. The lowest BCUT2D eigenvalue weighted by molar-refractivity contribution is -0.397. The van der Waals surface area contributed by atoms with Crippen LogP contribution in [-0.4, -0.2) is 108 Å². The summed E-state index contributed by atoms with van der Waals surface area (Å²) in [4.78, 5) is 0. The van der Waals surface area contributed by atoms with Crippen molar-refractivity contribution in [3.05, 3.63) is 11.6 Å². The van der Waals surface area contributed by atoms with Crippen LogP contribution in [0.25, 0.3) is 0 Å². The Morgan fingerprint density at radius 2 is 1.60 bits per heavy atom. The van der Waals surface area contributed by atoms with Gasteiger partial charge in [-0.05, 0) is 63.7 Å². The van der Waals surface area contributed by atoms with Crippen LogP contribution in [0.3, 0.4) is 0 Å². The van der Waals surface area contributed by atoms with Crippen LogP contribution in [-0.2, 0) is 14.6 Å². The summed E-state index contributed by atoms with van der Waals surface area (Å²) in [6.07, 6.45) is -6.29. The molecule has 0 heterocycles. The van der Waals surface area contributed by atoms with Crippen molar-refractivity contribution in [2.45, 2.75) is 120 Å². The Hall–Kier alpha value is -0.710. The van der Waals surface area contributed by atoms with Gasteiger partial charge in [-0.25, -0.2) is 4.18 Å². The van der Waals surface area contributed by atoms with Crippen LogP contribution in [0, 0.1) is 28.6 Å². The predicted molar refractivity (Wildman–Crippen MR) is 141 cm³/mol. The number of aliphatic hydroxyl groups is 8. The largest absolute Gasteiger partial charge is 0.397 e. The van der Waals surface area contributed by atoms with E-state index in [9.17, 15) is 53.8 Å². The molecule has 0 radical (unpaired) electrons. The fraction of sp³-hybridized carbons (Fsp3) is 0.926. The van der Waals surface area contributed by atoms with Gasteiger partial charge in [-0.3, -0.25) is 4.55 Å². The van der Waals surface area contributed by atoms with E-state index in [0.717, 1.165) is 5.57 Å². The minimum atomic E-state index is -5.38. The van der Waals surface area contributed by atoms with E-state index in [1.807, 2.05) is 13.0 Å². The van der Waals surface area contributed by atoms with Gasteiger partial charge < -0.3 is 40.9 Å². The number of allylic oxidation sites excluding steroid dienone is 1. The normalized spacial score (nSPS) is 52.0. The molecule has 0 saturated heterocycles. The molecule has 13 heteroatoms. The third kappa shape index (κ3) is 4.11. The maximum atomic E-state index is 12.5. The second-order valence-electron chi connectivity index (χ2n) is 13.4. The van der Waals surface area contributed by atoms with Gasteiger partial charge in [-0.15, -0.1) is 0 Å².